The highest BCUT2D eigenvalue weighted by Crippen LogP contribution is 2.39. The minimum absolute atomic E-state index is 0.0237. The van der Waals surface area contributed by atoms with Gasteiger partial charge in [0.1, 0.15) is 17.5 Å². The van der Waals surface area contributed by atoms with Crippen molar-refractivity contribution in [3.8, 4) is 5.88 Å². The first-order valence-electron chi connectivity index (χ1n) is 11.7. The van der Waals surface area contributed by atoms with Crippen molar-refractivity contribution in [3.05, 3.63) is 54.0 Å². The first-order chi connectivity index (χ1) is 15.8. The molecule has 0 radical (unpaired) electrons. The lowest BCUT2D eigenvalue weighted by Crippen LogP contribution is -2.54. The van der Waals surface area contributed by atoms with Gasteiger partial charge in [-0.2, -0.15) is 5.10 Å². The number of carbonyl (C=O) groups is 1. The lowest BCUT2D eigenvalue weighted by atomic mass is 9.97. The molecule has 2 aliphatic rings. The first-order valence-corrected chi connectivity index (χ1v) is 11.7. The molecular formula is C25H33FN4O3. The highest BCUT2D eigenvalue weighted by atomic mass is 19.1. The fourth-order valence-corrected chi connectivity index (χ4v) is 4.90. The topological polar surface area (TPSA) is 76.6 Å². The van der Waals surface area contributed by atoms with Gasteiger partial charge in [0.15, 0.2) is 0 Å². The summed E-state index contributed by atoms with van der Waals surface area (Å²) in [4.78, 5) is 14.7. The Balaban J connectivity index is 1.47. The number of benzene rings is 1. The Morgan fingerprint density at radius 1 is 1.18 bits per heavy atom. The quantitative estimate of drug-likeness (QED) is 0.723. The van der Waals surface area contributed by atoms with Gasteiger partial charge in [-0.05, 0) is 82.7 Å². The van der Waals surface area contributed by atoms with Crippen LogP contribution in [0.1, 0.15) is 57.9 Å². The summed E-state index contributed by atoms with van der Waals surface area (Å²) in [7, 11) is 0. The SMILES string of the molecule is CC(C)(C)OC(=O)N[C@@H]1CCCN(C2CC(c3ccc(F)cc3)CC2Oc2cccnn2)C1. The first kappa shape index (κ1) is 23.4. The third kappa shape index (κ3) is 6.41. The fourth-order valence-electron chi connectivity index (χ4n) is 4.90. The van der Waals surface area contributed by atoms with Gasteiger partial charge in [-0.1, -0.05) is 12.1 Å². The molecule has 4 rings (SSSR count). The second-order valence-corrected chi connectivity index (χ2v) is 9.99. The standard InChI is InChI=1S/C25H33FN4O3/c1-25(2,3)33-24(31)28-20-6-5-13-30(16-20)21-14-18(17-8-10-19(26)11-9-17)15-22(21)32-23-7-4-12-27-29-23/h4,7-12,18,20-22H,5-6,13-16H2,1-3H3,(H,28,31)/t18?,20-,21?,22?/m1/s1. The van der Waals surface area contributed by atoms with Gasteiger partial charge in [-0.25, -0.2) is 9.18 Å². The van der Waals surface area contributed by atoms with Gasteiger partial charge in [-0.3, -0.25) is 4.90 Å². The monoisotopic (exact) mass is 456 g/mol. The van der Waals surface area contributed by atoms with Gasteiger partial charge in [0.25, 0.3) is 0 Å². The minimum atomic E-state index is -0.526. The second-order valence-electron chi connectivity index (χ2n) is 9.99. The summed E-state index contributed by atoms with van der Waals surface area (Å²) in [6.07, 6.45) is 4.78. The van der Waals surface area contributed by atoms with Gasteiger partial charge < -0.3 is 14.8 Å². The summed E-state index contributed by atoms with van der Waals surface area (Å²) >= 11 is 0. The number of piperidine rings is 1. The number of hydrogen-bond acceptors (Lipinski definition) is 6. The van der Waals surface area contributed by atoms with Gasteiger partial charge in [0, 0.05) is 30.9 Å². The van der Waals surface area contributed by atoms with E-state index in [4.69, 9.17) is 9.47 Å². The number of nitrogens with one attached hydrogen (secondary N) is 1. The van der Waals surface area contributed by atoms with Crippen molar-refractivity contribution >= 4 is 6.09 Å². The molecule has 1 aliphatic heterocycles. The van der Waals surface area contributed by atoms with E-state index >= 15 is 0 Å². The molecule has 0 bridgehead atoms. The molecule has 1 amide bonds. The molecule has 4 atom stereocenters. The van der Waals surface area contributed by atoms with E-state index in [1.54, 1.807) is 6.20 Å². The van der Waals surface area contributed by atoms with E-state index in [0.29, 0.717) is 5.88 Å². The van der Waals surface area contributed by atoms with E-state index in [1.807, 2.05) is 45.0 Å². The van der Waals surface area contributed by atoms with Crippen molar-refractivity contribution in [1.82, 2.24) is 20.4 Å². The van der Waals surface area contributed by atoms with Crippen molar-refractivity contribution in [2.24, 2.45) is 0 Å². The Kier molecular flexibility index (Phi) is 7.12. The number of rotatable bonds is 5. The maximum Gasteiger partial charge on any atom is 0.407 e. The number of halogens is 1. The van der Waals surface area contributed by atoms with Crippen LogP contribution in [0.15, 0.2) is 42.6 Å². The third-order valence-electron chi connectivity index (χ3n) is 6.28. The Hall–Kier alpha value is -2.74. The average Bonchev–Trinajstić information content (AvgIpc) is 3.17. The normalized spacial score (nSPS) is 26.1. The molecule has 1 N–H and O–H groups in total. The number of amides is 1. The molecule has 178 valence electrons. The van der Waals surface area contributed by atoms with Crippen LogP contribution < -0.4 is 10.1 Å². The van der Waals surface area contributed by atoms with Crippen LogP contribution in [0, 0.1) is 5.82 Å². The van der Waals surface area contributed by atoms with Crippen molar-refractivity contribution < 1.29 is 18.7 Å². The van der Waals surface area contributed by atoms with Gasteiger partial charge >= 0.3 is 6.09 Å². The zero-order chi connectivity index (χ0) is 23.4. The Bertz CT molecular complexity index is 919. The summed E-state index contributed by atoms with van der Waals surface area (Å²) in [5.41, 5.74) is 0.592. The maximum absolute atomic E-state index is 13.5. The van der Waals surface area contributed by atoms with Crippen molar-refractivity contribution in [3.63, 3.8) is 0 Å². The van der Waals surface area contributed by atoms with Crippen molar-refractivity contribution in [1.29, 1.82) is 0 Å². The van der Waals surface area contributed by atoms with Gasteiger partial charge in [0.2, 0.25) is 5.88 Å². The number of likely N-dealkylation sites (tertiary alicyclic amines) is 1. The number of hydrogen-bond donors (Lipinski definition) is 1. The number of nitrogens with zero attached hydrogens (tertiary/aromatic N) is 3. The van der Waals surface area contributed by atoms with E-state index in [9.17, 15) is 9.18 Å². The maximum atomic E-state index is 13.5. The summed E-state index contributed by atoms with van der Waals surface area (Å²) in [6, 6.07) is 10.6. The summed E-state index contributed by atoms with van der Waals surface area (Å²) in [5.74, 6) is 0.539. The molecule has 2 fully saturated rings. The highest BCUT2D eigenvalue weighted by Gasteiger charge is 2.42. The summed E-state index contributed by atoms with van der Waals surface area (Å²) in [6.45, 7) is 7.26. The van der Waals surface area contributed by atoms with Gasteiger partial charge in [0.05, 0.1) is 0 Å². The van der Waals surface area contributed by atoms with Crippen LogP contribution in [0.3, 0.4) is 0 Å². The number of alkyl carbamates (subject to hydrolysis) is 1. The molecule has 7 nitrogen and oxygen atoms in total. The molecule has 1 aliphatic carbocycles. The zero-order valence-electron chi connectivity index (χ0n) is 19.5. The van der Waals surface area contributed by atoms with Crippen LogP contribution >= 0.6 is 0 Å². The number of carbonyl (C=O) groups excluding carboxylic acids is 1. The molecule has 1 saturated carbocycles. The van der Waals surface area contributed by atoms with Crippen LogP contribution in [0.4, 0.5) is 9.18 Å². The lowest BCUT2D eigenvalue weighted by Gasteiger charge is -2.39. The lowest BCUT2D eigenvalue weighted by molar-refractivity contribution is 0.0383. The zero-order valence-corrected chi connectivity index (χ0v) is 19.5. The molecule has 33 heavy (non-hydrogen) atoms. The van der Waals surface area contributed by atoms with Crippen LogP contribution in [-0.2, 0) is 4.74 Å². The van der Waals surface area contributed by atoms with E-state index in [-0.39, 0.29) is 36.0 Å². The molecule has 1 saturated heterocycles. The van der Waals surface area contributed by atoms with Crippen LogP contribution in [0.2, 0.25) is 0 Å². The average molecular weight is 457 g/mol. The molecule has 1 aromatic heterocycles. The van der Waals surface area contributed by atoms with Crippen molar-refractivity contribution in [2.45, 2.75) is 76.2 Å². The van der Waals surface area contributed by atoms with E-state index in [2.05, 4.69) is 20.4 Å². The molecule has 3 unspecified atom stereocenters. The Morgan fingerprint density at radius 2 is 1.97 bits per heavy atom. The van der Waals surface area contributed by atoms with Crippen LogP contribution in [0.25, 0.3) is 0 Å². The minimum Gasteiger partial charge on any atom is -0.472 e. The molecule has 0 spiro atoms. The molecular weight excluding hydrogens is 423 g/mol. The summed E-state index contributed by atoms with van der Waals surface area (Å²) in [5, 5.41) is 11.1. The highest BCUT2D eigenvalue weighted by molar-refractivity contribution is 5.68. The molecule has 2 heterocycles. The molecule has 2 aromatic rings. The van der Waals surface area contributed by atoms with Gasteiger partial charge in [-0.15, -0.1) is 5.10 Å². The number of aromatic nitrogens is 2. The second kappa shape index (κ2) is 10.0. The fraction of sp³-hybridized carbons (Fsp3) is 0.560. The smallest absolute Gasteiger partial charge is 0.407 e. The molecule has 8 heteroatoms. The third-order valence-corrected chi connectivity index (χ3v) is 6.28. The predicted molar refractivity (Wildman–Crippen MR) is 123 cm³/mol. The van der Waals surface area contributed by atoms with E-state index in [1.165, 1.54) is 12.1 Å². The Morgan fingerprint density at radius 3 is 2.67 bits per heavy atom. The van der Waals surface area contributed by atoms with Crippen LogP contribution in [0.5, 0.6) is 5.88 Å². The largest absolute Gasteiger partial charge is 0.472 e. The molecule has 1 aromatic carbocycles. The number of ether oxygens (including phenoxy) is 2. The van der Waals surface area contributed by atoms with Crippen molar-refractivity contribution in [2.75, 3.05) is 13.1 Å². The van der Waals surface area contributed by atoms with E-state index in [0.717, 1.165) is 44.3 Å². The van der Waals surface area contributed by atoms with Crippen LogP contribution in [-0.4, -0.2) is 58.1 Å². The summed E-state index contributed by atoms with van der Waals surface area (Å²) < 4.78 is 25.2. The van der Waals surface area contributed by atoms with E-state index < -0.39 is 5.60 Å². The predicted octanol–water partition coefficient (Wildman–Crippen LogP) is 4.30. The Labute approximate surface area is 194 Å².